The minimum absolute atomic E-state index is 0.0801. The van der Waals surface area contributed by atoms with E-state index in [9.17, 15) is 4.79 Å². The van der Waals surface area contributed by atoms with E-state index >= 15 is 0 Å². The average Bonchev–Trinajstić information content (AvgIpc) is 3.14. The number of aromatic nitrogens is 3. The molecule has 0 unspecified atom stereocenters. The molecule has 0 bridgehead atoms. The Labute approximate surface area is 138 Å². The van der Waals surface area contributed by atoms with Crippen molar-refractivity contribution < 1.29 is 9.32 Å². The lowest BCUT2D eigenvalue weighted by atomic mass is 10.1. The molecular weight excluding hydrogens is 312 g/mol. The fourth-order valence-corrected chi connectivity index (χ4v) is 3.13. The Morgan fingerprint density at radius 2 is 2.22 bits per heavy atom. The number of thiazole rings is 1. The van der Waals surface area contributed by atoms with Crippen LogP contribution in [0, 0.1) is 5.92 Å². The zero-order valence-electron chi connectivity index (χ0n) is 13.3. The fourth-order valence-electron chi connectivity index (χ4n) is 2.34. The molecule has 7 heteroatoms. The molecule has 6 nitrogen and oxygen atoms in total. The molecule has 0 radical (unpaired) electrons. The van der Waals surface area contributed by atoms with Crippen molar-refractivity contribution in [3.05, 3.63) is 41.0 Å². The number of hydrogen-bond acceptors (Lipinski definition) is 6. The van der Waals surface area contributed by atoms with E-state index in [-0.39, 0.29) is 5.91 Å². The van der Waals surface area contributed by atoms with E-state index in [4.69, 9.17) is 4.52 Å². The van der Waals surface area contributed by atoms with Gasteiger partial charge in [-0.15, -0.1) is 11.3 Å². The van der Waals surface area contributed by atoms with E-state index in [2.05, 4.69) is 29.0 Å². The lowest BCUT2D eigenvalue weighted by Crippen LogP contribution is -2.26. The Morgan fingerprint density at radius 1 is 1.39 bits per heavy atom. The van der Waals surface area contributed by atoms with Crippen LogP contribution in [0.2, 0.25) is 0 Å². The van der Waals surface area contributed by atoms with Crippen molar-refractivity contribution in [2.75, 3.05) is 7.05 Å². The summed E-state index contributed by atoms with van der Waals surface area (Å²) in [5.41, 5.74) is 3.23. The zero-order chi connectivity index (χ0) is 16.4. The molecule has 120 valence electrons. The molecule has 0 aliphatic carbocycles. The maximum Gasteiger partial charge on any atom is 0.255 e. The van der Waals surface area contributed by atoms with Crippen molar-refractivity contribution in [3.63, 3.8) is 0 Å². The van der Waals surface area contributed by atoms with Gasteiger partial charge in [0.1, 0.15) is 0 Å². The highest BCUT2D eigenvalue weighted by molar-refractivity contribution is 7.17. The summed E-state index contributed by atoms with van der Waals surface area (Å²) in [5.74, 6) is 1.51. The topological polar surface area (TPSA) is 72.1 Å². The average molecular weight is 330 g/mol. The molecular formula is C16H18N4O2S. The third kappa shape index (κ3) is 3.39. The molecule has 0 spiro atoms. The Morgan fingerprint density at radius 3 is 3.00 bits per heavy atom. The summed E-state index contributed by atoms with van der Waals surface area (Å²) >= 11 is 1.47. The second-order valence-electron chi connectivity index (χ2n) is 5.87. The normalized spacial score (nSPS) is 11.3. The molecule has 23 heavy (non-hydrogen) atoms. The summed E-state index contributed by atoms with van der Waals surface area (Å²) in [6.45, 7) is 4.49. The monoisotopic (exact) mass is 330 g/mol. The predicted octanol–water partition coefficient (Wildman–Crippen LogP) is 3.15. The number of carbonyl (C=O) groups excluding carboxylic acids is 1. The summed E-state index contributed by atoms with van der Waals surface area (Å²) in [7, 11) is 1.73. The molecule has 1 amide bonds. The highest BCUT2D eigenvalue weighted by Gasteiger charge is 2.18. The van der Waals surface area contributed by atoms with Gasteiger partial charge >= 0.3 is 0 Å². The molecule has 0 N–H and O–H groups in total. The summed E-state index contributed by atoms with van der Waals surface area (Å²) in [6, 6.07) is 5.56. The van der Waals surface area contributed by atoms with E-state index < -0.39 is 0 Å². The number of amides is 1. The van der Waals surface area contributed by atoms with Crippen molar-refractivity contribution in [2.24, 2.45) is 5.92 Å². The van der Waals surface area contributed by atoms with E-state index in [1.54, 1.807) is 17.5 Å². The van der Waals surface area contributed by atoms with Crippen LogP contribution in [0.4, 0.5) is 0 Å². The Balaban J connectivity index is 1.75. The predicted molar refractivity (Wildman–Crippen MR) is 88.3 cm³/mol. The lowest BCUT2D eigenvalue weighted by molar-refractivity contribution is 0.0771. The van der Waals surface area contributed by atoms with Crippen LogP contribution in [0.5, 0.6) is 0 Å². The lowest BCUT2D eigenvalue weighted by Gasteiger charge is -2.15. The summed E-state index contributed by atoms with van der Waals surface area (Å²) in [6.07, 6.45) is 0.765. The van der Waals surface area contributed by atoms with Crippen molar-refractivity contribution >= 4 is 27.5 Å². The van der Waals surface area contributed by atoms with Crippen molar-refractivity contribution in [3.8, 4) is 0 Å². The Hall–Kier alpha value is -2.28. The van der Waals surface area contributed by atoms with Gasteiger partial charge in [-0.25, -0.2) is 4.98 Å². The van der Waals surface area contributed by atoms with Gasteiger partial charge in [0.2, 0.25) is 5.89 Å². The summed E-state index contributed by atoms with van der Waals surface area (Å²) in [5, 5.41) is 3.95. The summed E-state index contributed by atoms with van der Waals surface area (Å²) < 4.78 is 6.13. The molecule has 0 aliphatic rings. The molecule has 0 fully saturated rings. The van der Waals surface area contributed by atoms with Crippen LogP contribution in [-0.4, -0.2) is 33.0 Å². The van der Waals surface area contributed by atoms with Gasteiger partial charge in [0, 0.05) is 13.5 Å². The van der Waals surface area contributed by atoms with Crippen molar-refractivity contribution in [2.45, 2.75) is 26.8 Å². The molecule has 2 heterocycles. The number of rotatable bonds is 5. The molecule has 2 aromatic heterocycles. The number of nitrogens with zero attached hydrogens (tertiary/aromatic N) is 4. The van der Waals surface area contributed by atoms with Crippen LogP contribution in [0.3, 0.4) is 0 Å². The smallest absolute Gasteiger partial charge is 0.255 e. The molecule has 0 saturated carbocycles. The molecule has 0 aliphatic heterocycles. The minimum atomic E-state index is -0.0801. The van der Waals surface area contributed by atoms with Crippen LogP contribution >= 0.6 is 11.3 Å². The van der Waals surface area contributed by atoms with Gasteiger partial charge in [0.05, 0.1) is 27.8 Å². The maximum absolute atomic E-state index is 12.7. The second-order valence-corrected chi connectivity index (χ2v) is 6.72. The molecule has 1 aromatic carbocycles. The standard InChI is InChI=1S/C16H18N4O2S/c1-10(2)7-13-18-14(22-19-13)8-20(3)16(21)11-5-4-6-12-15(11)23-9-17-12/h4-6,9-10H,7-8H2,1-3H3. The number of benzene rings is 1. The maximum atomic E-state index is 12.7. The first-order chi connectivity index (χ1) is 11.0. The van der Waals surface area contributed by atoms with E-state index in [0.717, 1.165) is 16.6 Å². The fraction of sp³-hybridized carbons (Fsp3) is 0.375. The number of fused-ring (bicyclic) bond motifs is 1. The van der Waals surface area contributed by atoms with Crippen molar-refractivity contribution in [1.82, 2.24) is 20.0 Å². The van der Waals surface area contributed by atoms with Gasteiger partial charge in [-0.2, -0.15) is 4.98 Å². The van der Waals surface area contributed by atoms with Crippen LogP contribution < -0.4 is 0 Å². The first-order valence-corrected chi connectivity index (χ1v) is 8.31. The van der Waals surface area contributed by atoms with Crippen LogP contribution in [0.25, 0.3) is 10.2 Å². The highest BCUT2D eigenvalue weighted by Crippen LogP contribution is 2.23. The SMILES string of the molecule is CC(C)Cc1noc(CN(C)C(=O)c2cccc3ncsc23)n1. The Kier molecular flexibility index (Phi) is 4.38. The molecule has 3 aromatic rings. The van der Waals surface area contributed by atoms with Gasteiger partial charge in [-0.3, -0.25) is 4.79 Å². The second kappa shape index (κ2) is 6.45. The first kappa shape index (κ1) is 15.6. The zero-order valence-corrected chi connectivity index (χ0v) is 14.1. The van der Waals surface area contributed by atoms with Gasteiger partial charge in [0.25, 0.3) is 5.91 Å². The molecule has 0 atom stereocenters. The first-order valence-electron chi connectivity index (χ1n) is 7.43. The van der Waals surface area contributed by atoms with Crippen LogP contribution in [-0.2, 0) is 13.0 Å². The van der Waals surface area contributed by atoms with E-state index in [1.807, 2.05) is 18.2 Å². The van der Waals surface area contributed by atoms with Crippen LogP contribution in [0.15, 0.2) is 28.2 Å². The quantitative estimate of drug-likeness (QED) is 0.718. The number of carbonyl (C=O) groups is 1. The third-order valence-corrected chi connectivity index (χ3v) is 4.28. The van der Waals surface area contributed by atoms with Crippen LogP contribution in [0.1, 0.15) is 35.9 Å². The van der Waals surface area contributed by atoms with Gasteiger partial charge < -0.3 is 9.42 Å². The molecule has 0 saturated heterocycles. The minimum Gasteiger partial charge on any atom is -0.337 e. The van der Waals surface area contributed by atoms with E-state index in [1.165, 1.54) is 11.3 Å². The highest BCUT2D eigenvalue weighted by atomic mass is 32.1. The number of hydrogen-bond donors (Lipinski definition) is 0. The van der Waals surface area contributed by atoms with Gasteiger partial charge in [-0.05, 0) is 18.1 Å². The van der Waals surface area contributed by atoms with E-state index in [0.29, 0.717) is 29.7 Å². The van der Waals surface area contributed by atoms with Crippen molar-refractivity contribution in [1.29, 1.82) is 0 Å². The van der Waals surface area contributed by atoms with Gasteiger partial charge in [0.15, 0.2) is 5.82 Å². The largest absolute Gasteiger partial charge is 0.337 e. The summed E-state index contributed by atoms with van der Waals surface area (Å²) in [4.78, 5) is 22.8. The molecule has 3 rings (SSSR count). The Bertz CT molecular complexity index is 824. The van der Waals surface area contributed by atoms with Gasteiger partial charge in [-0.1, -0.05) is 25.1 Å². The third-order valence-electron chi connectivity index (χ3n) is 3.41.